The van der Waals surface area contributed by atoms with E-state index in [-0.39, 0.29) is 0 Å². The zero-order valence-corrected chi connectivity index (χ0v) is 10.2. The Morgan fingerprint density at radius 2 is 2.00 bits per heavy atom. The summed E-state index contributed by atoms with van der Waals surface area (Å²) in [5.74, 6) is 0.611. The van der Waals surface area contributed by atoms with Crippen molar-refractivity contribution in [2.24, 2.45) is 10.2 Å². The molecule has 1 aromatic carbocycles. The molecule has 0 amide bonds. The summed E-state index contributed by atoms with van der Waals surface area (Å²) in [5, 5.41) is 8.95. The number of benzene rings is 1. The number of amidine groups is 1. The van der Waals surface area contributed by atoms with Crippen molar-refractivity contribution in [3.63, 3.8) is 0 Å². The van der Waals surface area contributed by atoms with Crippen LogP contribution >= 0.6 is 15.9 Å². The molecule has 0 fully saturated rings. The number of nitrogens with zero attached hydrogens (tertiary/aromatic N) is 3. The Morgan fingerprint density at radius 3 is 2.47 bits per heavy atom. The summed E-state index contributed by atoms with van der Waals surface area (Å²) >= 11 is 3.37. The molecule has 80 valence electrons. The van der Waals surface area contributed by atoms with Gasteiger partial charge in [-0.1, -0.05) is 28.1 Å². The molecule has 0 aliphatic carbocycles. The third kappa shape index (κ3) is 3.14. The Morgan fingerprint density at radius 1 is 1.40 bits per heavy atom. The van der Waals surface area contributed by atoms with Crippen molar-refractivity contribution in [3.8, 4) is 0 Å². The molecule has 0 radical (unpaired) electrons. The van der Waals surface area contributed by atoms with Crippen LogP contribution < -0.4 is 0 Å². The van der Waals surface area contributed by atoms with E-state index in [2.05, 4.69) is 32.9 Å². The van der Waals surface area contributed by atoms with Crippen molar-refractivity contribution in [2.45, 2.75) is 0 Å². The van der Waals surface area contributed by atoms with E-state index >= 15 is 0 Å². The molecule has 0 saturated heterocycles. The van der Waals surface area contributed by atoms with Crippen LogP contribution in [0.15, 0.2) is 38.9 Å². The molecule has 0 N–H and O–H groups in total. The van der Waals surface area contributed by atoms with Gasteiger partial charge in [0.1, 0.15) is 0 Å². The van der Waals surface area contributed by atoms with E-state index in [4.69, 9.17) is 4.84 Å². The third-order valence-corrected chi connectivity index (χ3v) is 2.37. The molecule has 15 heavy (non-hydrogen) atoms. The molecule has 0 aromatic heterocycles. The van der Waals surface area contributed by atoms with Gasteiger partial charge in [0.05, 0.1) is 7.11 Å². The minimum Gasteiger partial charge on any atom is -0.276 e. The molecular weight excluding hydrogens is 258 g/mol. The zero-order valence-electron chi connectivity index (χ0n) is 8.64. The van der Waals surface area contributed by atoms with Crippen LogP contribution in [0.1, 0.15) is 5.56 Å². The van der Waals surface area contributed by atoms with Crippen LogP contribution in [0.4, 0.5) is 0 Å². The van der Waals surface area contributed by atoms with Gasteiger partial charge >= 0.3 is 0 Å². The maximum Gasteiger partial charge on any atom is 0.181 e. The molecule has 0 saturated carbocycles. The quantitative estimate of drug-likeness (QED) is 0.480. The van der Waals surface area contributed by atoms with Crippen molar-refractivity contribution in [2.75, 3.05) is 14.2 Å². The van der Waals surface area contributed by atoms with Crippen molar-refractivity contribution in [1.29, 1.82) is 0 Å². The van der Waals surface area contributed by atoms with Crippen molar-refractivity contribution >= 4 is 28.5 Å². The Kier molecular flexibility index (Phi) is 4.45. The van der Waals surface area contributed by atoms with Gasteiger partial charge in [0.25, 0.3) is 0 Å². The van der Waals surface area contributed by atoms with E-state index in [1.165, 1.54) is 5.06 Å². The molecule has 0 spiro atoms. The smallest absolute Gasteiger partial charge is 0.181 e. The number of hydroxylamine groups is 2. The number of rotatable bonds is 3. The highest BCUT2D eigenvalue weighted by molar-refractivity contribution is 9.10. The van der Waals surface area contributed by atoms with Gasteiger partial charge in [-0.15, -0.1) is 5.10 Å². The lowest BCUT2D eigenvalue weighted by Gasteiger charge is -2.17. The number of halogens is 1. The second-order valence-electron chi connectivity index (χ2n) is 2.75. The first-order chi connectivity index (χ1) is 7.19. The first-order valence-electron chi connectivity index (χ1n) is 4.26. The van der Waals surface area contributed by atoms with Crippen LogP contribution in [0.25, 0.3) is 0 Å². The van der Waals surface area contributed by atoms with Crippen LogP contribution in [0, 0.1) is 0 Å². The highest BCUT2D eigenvalue weighted by Crippen LogP contribution is 2.12. The molecule has 0 bridgehead atoms. The summed E-state index contributed by atoms with van der Waals surface area (Å²) in [6, 6.07) is 7.70. The molecular formula is C10H12BrN3O. The maximum absolute atomic E-state index is 5.05. The van der Waals surface area contributed by atoms with Gasteiger partial charge in [-0.25, -0.2) is 5.06 Å². The molecule has 0 aliphatic rings. The molecule has 5 heteroatoms. The largest absolute Gasteiger partial charge is 0.276 e. The van der Waals surface area contributed by atoms with E-state index in [1.54, 1.807) is 14.2 Å². The highest BCUT2D eigenvalue weighted by atomic mass is 79.9. The van der Waals surface area contributed by atoms with Crippen molar-refractivity contribution in [3.05, 3.63) is 34.3 Å². The van der Waals surface area contributed by atoms with E-state index < -0.39 is 0 Å². The second-order valence-corrected chi connectivity index (χ2v) is 3.67. The molecule has 1 aromatic rings. The Bertz CT molecular complexity index is 361. The van der Waals surface area contributed by atoms with Gasteiger partial charge in [-0.2, -0.15) is 5.10 Å². The molecule has 4 nitrogen and oxygen atoms in total. The predicted molar refractivity (Wildman–Crippen MR) is 65.0 cm³/mol. The molecule has 0 aliphatic heterocycles. The lowest BCUT2D eigenvalue weighted by atomic mass is 10.2. The molecule has 1 rings (SSSR count). The summed E-state index contributed by atoms with van der Waals surface area (Å²) in [6.07, 6.45) is 0. The van der Waals surface area contributed by atoms with Crippen LogP contribution in [0.5, 0.6) is 0 Å². The van der Waals surface area contributed by atoms with Gasteiger partial charge < -0.3 is 0 Å². The Labute approximate surface area is 97.3 Å². The van der Waals surface area contributed by atoms with Crippen molar-refractivity contribution in [1.82, 2.24) is 5.06 Å². The lowest BCUT2D eigenvalue weighted by molar-refractivity contribution is -0.0413. The van der Waals surface area contributed by atoms with E-state index in [0.29, 0.717) is 5.84 Å². The van der Waals surface area contributed by atoms with Crippen LogP contribution in [0.2, 0.25) is 0 Å². The number of hydrogen-bond donors (Lipinski definition) is 0. The third-order valence-electron chi connectivity index (χ3n) is 1.84. The van der Waals surface area contributed by atoms with E-state index in [9.17, 15) is 0 Å². The first kappa shape index (κ1) is 11.9. The monoisotopic (exact) mass is 269 g/mol. The van der Waals surface area contributed by atoms with Gasteiger partial charge in [-0.3, -0.25) is 4.84 Å². The Balaban J connectivity index is 3.05. The van der Waals surface area contributed by atoms with E-state index in [1.807, 2.05) is 24.3 Å². The summed E-state index contributed by atoms with van der Waals surface area (Å²) in [7, 11) is 3.32. The predicted octanol–water partition coefficient (Wildman–Crippen LogP) is 2.30. The zero-order chi connectivity index (χ0) is 11.3. The Hall–Kier alpha value is -1.20. The molecule has 0 unspecified atom stereocenters. The average Bonchev–Trinajstić information content (AvgIpc) is 2.26. The first-order valence-corrected chi connectivity index (χ1v) is 5.05. The SMILES string of the molecule is C=N/N=C(/c1ccc(Br)cc1)N(C)OC. The minimum atomic E-state index is 0.611. The van der Waals surface area contributed by atoms with Gasteiger partial charge in [0, 0.05) is 23.8 Å². The fourth-order valence-corrected chi connectivity index (χ4v) is 1.32. The highest BCUT2D eigenvalue weighted by Gasteiger charge is 2.08. The standard InChI is InChI=1S/C10H12BrN3O/c1-12-13-10(14(2)15-3)8-4-6-9(11)7-5-8/h4-7H,1H2,2-3H3/b13-10-. The summed E-state index contributed by atoms with van der Waals surface area (Å²) in [6.45, 7) is 3.33. The lowest BCUT2D eigenvalue weighted by Crippen LogP contribution is -2.26. The number of hydrogen-bond acceptors (Lipinski definition) is 3. The van der Waals surface area contributed by atoms with Gasteiger partial charge in [0.15, 0.2) is 5.84 Å². The van der Waals surface area contributed by atoms with Gasteiger partial charge in [-0.05, 0) is 12.1 Å². The van der Waals surface area contributed by atoms with Crippen molar-refractivity contribution < 1.29 is 4.84 Å². The second kappa shape index (κ2) is 5.63. The topological polar surface area (TPSA) is 37.2 Å². The summed E-state index contributed by atoms with van der Waals surface area (Å²) in [4.78, 5) is 5.05. The molecule has 0 heterocycles. The van der Waals surface area contributed by atoms with Crippen LogP contribution in [-0.4, -0.2) is 31.8 Å². The average molecular weight is 270 g/mol. The minimum absolute atomic E-state index is 0.611. The summed E-state index contributed by atoms with van der Waals surface area (Å²) in [5.41, 5.74) is 0.912. The van der Waals surface area contributed by atoms with Crippen LogP contribution in [-0.2, 0) is 4.84 Å². The van der Waals surface area contributed by atoms with Crippen LogP contribution in [0.3, 0.4) is 0 Å². The van der Waals surface area contributed by atoms with E-state index in [0.717, 1.165) is 10.0 Å². The molecule has 0 atom stereocenters. The van der Waals surface area contributed by atoms with Gasteiger partial charge in [0.2, 0.25) is 0 Å². The fourth-order valence-electron chi connectivity index (χ4n) is 1.05. The normalized spacial score (nSPS) is 11.3. The fraction of sp³-hybridized carbons (Fsp3) is 0.200. The maximum atomic E-state index is 5.05. The summed E-state index contributed by atoms with van der Waals surface area (Å²) < 4.78 is 1.01.